The summed E-state index contributed by atoms with van der Waals surface area (Å²) in [6.45, 7) is 7.89. The van der Waals surface area contributed by atoms with E-state index in [0.717, 1.165) is 16.3 Å². The van der Waals surface area contributed by atoms with Crippen LogP contribution in [0.3, 0.4) is 0 Å². The number of fused-ring (bicyclic) bond motifs is 1. The number of aromatic nitrogens is 4. The van der Waals surface area contributed by atoms with Crippen LogP contribution in [-0.4, -0.2) is 30.3 Å². The summed E-state index contributed by atoms with van der Waals surface area (Å²) < 4.78 is 2.54. The molecule has 0 bridgehead atoms. The van der Waals surface area contributed by atoms with Crippen LogP contribution in [0.1, 0.15) is 45.9 Å². The maximum Gasteiger partial charge on any atom is 0.332 e. The molecule has 1 unspecified atom stereocenters. The van der Waals surface area contributed by atoms with Gasteiger partial charge in [0.1, 0.15) is 16.2 Å². The van der Waals surface area contributed by atoms with Gasteiger partial charge in [-0.15, -0.1) is 0 Å². The molecule has 9 heteroatoms. The van der Waals surface area contributed by atoms with Gasteiger partial charge in [0.2, 0.25) is 5.91 Å². The summed E-state index contributed by atoms with van der Waals surface area (Å²) in [6.07, 6.45) is 0.717. The van der Waals surface area contributed by atoms with Crippen LogP contribution in [0.4, 0.5) is 0 Å². The Labute approximate surface area is 149 Å². The van der Waals surface area contributed by atoms with Crippen LogP contribution in [0.2, 0.25) is 0 Å². The summed E-state index contributed by atoms with van der Waals surface area (Å²) in [5, 5.41) is 0.0675. The minimum atomic E-state index is -0.561. The highest BCUT2D eigenvalue weighted by atomic mass is 32.2. The number of thioether (sulfide) groups is 1. The third-order valence-corrected chi connectivity index (χ3v) is 4.92. The zero-order valence-electron chi connectivity index (χ0n) is 15.1. The third-order valence-electron chi connectivity index (χ3n) is 3.82. The number of nitrogens with two attached hydrogens (primary N) is 1. The molecule has 0 aliphatic rings. The third kappa shape index (κ3) is 3.60. The number of carbonyl (C=O) groups excluding carboxylic acids is 1. The summed E-state index contributed by atoms with van der Waals surface area (Å²) in [6, 6.07) is 0. The molecule has 0 fully saturated rings. The SMILES string of the molecule is CCCn1c(=O)n(C)c(=O)c2c(SC(C)C(N)=O)nc(C(C)C)nc21. The molecule has 0 radical (unpaired) electrons. The molecule has 0 aliphatic carbocycles. The quantitative estimate of drug-likeness (QED) is 0.603. The minimum Gasteiger partial charge on any atom is -0.369 e. The number of aryl methyl sites for hydroxylation is 1. The van der Waals surface area contributed by atoms with E-state index in [1.165, 1.54) is 11.6 Å². The van der Waals surface area contributed by atoms with E-state index in [1.54, 1.807) is 6.92 Å². The van der Waals surface area contributed by atoms with Gasteiger partial charge in [0.15, 0.2) is 5.65 Å². The van der Waals surface area contributed by atoms with Crippen LogP contribution in [0, 0.1) is 0 Å². The van der Waals surface area contributed by atoms with Crippen molar-refractivity contribution in [2.24, 2.45) is 12.8 Å². The zero-order valence-corrected chi connectivity index (χ0v) is 15.9. The lowest BCUT2D eigenvalue weighted by Crippen LogP contribution is -2.39. The van der Waals surface area contributed by atoms with Gasteiger partial charge >= 0.3 is 5.69 Å². The van der Waals surface area contributed by atoms with Gasteiger partial charge in [-0.2, -0.15) is 0 Å². The van der Waals surface area contributed by atoms with E-state index in [2.05, 4.69) is 9.97 Å². The summed E-state index contributed by atoms with van der Waals surface area (Å²) in [7, 11) is 1.43. The zero-order chi connectivity index (χ0) is 18.9. The highest BCUT2D eigenvalue weighted by Gasteiger charge is 2.22. The maximum absolute atomic E-state index is 12.7. The number of hydrogen-bond donors (Lipinski definition) is 1. The van der Waals surface area contributed by atoms with Crippen LogP contribution < -0.4 is 17.0 Å². The highest BCUT2D eigenvalue weighted by molar-refractivity contribution is 8.00. The molecule has 136 valence electrons. The Bertz CT molecular complexity index is 932. The molecule has 0 saturated heterocycles. The lowest BCUT2D eigenvalue weighted by Gasteiger charge is -2.16. The number of primary amides is 1. The first kappa shape index (κ1) is 19.2. The number of nitrogens with zero attached hydrogens (tertiary/aromatic N) is 4. The van der Waals surface area contributed by atoms with E-state index in [-0.39, 0.29) is 11.3 Å². The Balaban J connectivity index is 2.93. The van der Waals surface area contributed by atoms with Crippen molar-refractivity contribution in [1.82, 2.24) is 19.1 Å². The monoisotopic (exact) mass is 365 g/mol. The lowest BCUT2D eigenvalue weighted by atomic mass is 10.2. The molecular weight excluding hydrogens is 342 g/mol. The lowest BCUT2D eigenvalue weighted by molar-refractivity contribution is -0.117. The van der Waals surface area contributed by atoms with Crippen molar-refractivity contribution in [1.29, 1.82) is 0 Å². The van der Waals surface area contributed by atoms with Gasteiger partial charge in [0.05, 0.1) is 5.25 Å². The molecule has 0 saturated carbocycles. The first-order chi connectivity index (χ1) is 11.7. The topological polar surface area (TPSA) is 113 Å². The van der Waals surface area contributed by atoms with Gasteiger partial charge in [-0.05, 0) is 13.3 Å². The number of amides is 1. The van der Waals surface area contributed by atoms with E-state index < -0.39 is 22.4 Å². The molecule has 2 N–H and O–H groups in total. The fourth-order valence-electron chi connectivity index (χ4n) is 2.35. The van der Waals surface area contributed by atoms with Crippen molar-refractivity contribution < 1.29 is 4.79 Å². The van der Waals surface area contributed by atoms with Gasteiger partial charge < -0.3 is 5.73 Å². The van der Waals surface area contributed by atoms with Crippen molar-refractivity contribution in [2.75, 3.05) is 0 Å². The molecule has 2 heterocycles. The molecular formula is C16H23N5O3S. The Morgan fingerprint density at radius 2 is 1.88 bits per heavy atom. The number of hydrogen-bond acceptors (Lipinski definition) is 6. The average molecular weight is 365 g/mol. The average Bonchev–Trinajstić information content (AvgIpc) is 2.55. The van der Waals surface area contributed by atoms with Crippen molar-refractivity contribution in [2.45, 2.75) is 56.9 Å². The molecule has 1 amide bonds. The highest BCUT2D eigenvalue weighted by Crippen LogP contribution is 2.27. The Morgan fingerprint density at radius 1 is 1.24 bits per heavy atom. The summed E-state index contributed by atoms with van der Waals surface area (Å²) in [5.41, 5.74) is 4.79. The second kappa shape index (κ2) is 7.38. The van der Waals surface area contributed by atoms with Crippen molar-refractivity contribution in [3.8, 4) is 0 Å². The molecule has 0 aliphatic heterocycles. The number of rotatable bonds is 6. The minimum absolute atomic E-state index is 0.00173. The summed E-state index contributed by atoms with van der Waals surface area (Å²) in [4.78, 5) is 45.6. The Kier molecular flexibility index (Phi) is 5.66. The second-order valence-corrected chi connectivity index (χ2v) is 7.53. The molecule has 0 spiro atoms. The number of carbonyl (C=O) groups is 1. The Morgan fingerprint density at radius 3 is 2.40 bits per heavy atom. The van der Waals surface area contributed by atoms with Gasteiger partial charge in [0, 0.05) is 19.5 Å². The Hall–Kier alpha value is -2.16. The van der Waals surface area contributed by atoms with E-state index in [1.807, 2.05) is 20.8 Å². The molecule has 8 nitrogen and oxygen atoms in total. The largest absolute Gasteiger partial charge is 0.369 e. The van der Waals surface area contributed by atoms with Crippen molar-refractivity contribution in [3.63, 3.8) is 0 Å². The van der Waals surface area contributed by atoms with Gasteiger partial charge in [-0.3, -0.25) is 18.7 Å². The molecule has 1 atom stereocenters. The van der Waals surface area contributed by atoms with Crippen LogP contribution in [0.5, 0.6) is 0 Å². The van der Waals surface area contributed by atoms with Crippen LogP contribution in [0.15, 0.2) is 14.6 Å². The predicted octanol–water partition coefficient (Wildman–Crippen LogP) is 0.989. The van der Waals surface area contributed by atoms with E-state index >= 15 is 0 Å². The normalized spacial score (nSPS) is 12.7. The first-order valence-corrected chi connectivity index (χ1v) is 9.04. The smallest absolute Gasteiger partial charge is 0.332 e. The molecule has 0 aromatic carbocycles. The van der Waals surface area contributed by atoms with Gasteiger partial charge in [-0.1, -0.05) is 32.5 Å². The summed E-state index contributed by atoms with van der Waals surface area (Å²) >= 11 is 1.11. The van der Waals surface area contributed by atoms with Crippen LogP contribution in [-0.2, 0) is 18.4 Å². The van der Waals surface area contributed by atoms with Gasteiger partial charge in [0.25, 0.3) is 5.56 Å². The van der Waals surface area contributed by atoms with Crippen LogP contribution >= 0.6 is 11.8 Å². The van der Waals surface area contributed by atoms with Crippen molar-refractivity contribution >= 4 is 28.7 Å². The molecule has 2 rings (SSSR count). The fourth-order valence-corrected chi connectivity index (χ4v) is 3.24. The molecule has 25 heavy (non-hydrogen) atoms. The first-order valence-electron chi connectivity index (χ1n) is 8.16. The van der Waals surface area contributed by atoms with Gasteiger partial charge in [-0.25, -0.2) is 14.8 Å². The van der Waals surface area contributed by atoms with Crippen LogP contribution in [0.25, 0.3) is 11.0 Å². The maximum atomic E-state index is 12.7. The summed E-state index contributed by atoms with van der Waals surface area (Å²) in [5.74, 6) is 0.0209. The molecule has 2 aromatic rings. The molecule has 2 aromatic heterocycles. The predicted molar refractivity (Wildman–Crippen MR) is 97.9 cm³/mol. The van der Waals surface area contributed by atoms with E-state index in [0.29, 0.717) is 29.5 Å². The standard InChI is InChI=1S/C16H23N5O3S/c1-6-7-21-13-10(15(23)20(5)16(21)24)14(25-9(4)11(17)22)19-12(18-13)8(2)3/h8-9H,6-7H2,1-5H3,(H2,17,22). The second-order valence-electron chi connectivity index (χ2n) is 6.20. The van der Waals surface area contributed by atoms with E-state index in [9.17, 15) is 14.4 Å². The van der Waals surface area contributed by atoms with Crippen molar-refractivity contribution in [3.05, 3.63) is 26.7 Å². The van der Waals surface area contributed by atoms with E-state index in [4.69, 9.17) is 5.73 Å². The fraction of sp³-hybridized carbons (Fsp3) is 0.562.